The molecule has 1 amide bonds. The number of hydrogen-bond acceptors (Lipinski definition) is 7. The Morgan fingerprint density at radius 1 is 1.03 bits per heavy atom. The van der Waals surface area contributed by atoms with Crippen LogP contribution in [0, 0.1) is 0 Å². The van der Waals surface area contributed by atoms with E-state index in [0.29, 0.717) is 38.1 Å². The average Bonchev–Trinajstić information content (AvgIpc) is 3.46. The molecule has 2 aliphatic heterocycles. The van der Waals surface area contributed by atoms with E-state index in [0.717, 1.165) is 51.9 Å². The van der Waals surface area contributed by atoms with Crippen LogP contribution in [-0.4, -0.2) is 58.7 Å². The lowest BCUT2D eigenvalue weighted by Gasteiger charge is -2.27. The van der Waals surface area contributed by atoms with Crippen molar-refractivity contribution in [2.45, 2.75) is 19.5 Å². The van der Waals surface area contributed by atoms with Crippen LogP contribution in [0.3, 0.4) is 0 Å². The van der Waals surface area contributed by atoms with Gasteiger partial charge in [0.1, 0.15) is 10.8 Å². The summed E-state index contributed by atoms with van der Waals surface area (Å²) in [5.41, 5.74) is 4.48. The average molecular weight is 488 g/mol. The normalized spacial score (nSPS) is 16.3. The van der Waals surface area contributed by atoms with Crippen molar-refractivity contribution in [1.29, 1.82) is 0 Å². The first-order valence-electron chi connectivity index (χ1n) is 11.7. The van der Waals surface area contributed by atoms with Gasteiger partial charge in [-0.25, -0.2) is 9.97 Å². The van der Waals surface area contributed by atoms with Crippen LogP contribution >= 0.6 is 11.3 Å². The number of amides is 1. The predicted molar refractivity (Wildman–Crippen MR) is 136 cm³/mol. The van der Waals surface area contributed by atoms with Crippen LogP contribution in [0.4, 0.5) is 5.69 Å². The topological polar surface area (TPSA) is 80.6 Å². The molecule has 0 N–H and O–H groups in total. The van der Waals surface area contributed by atoms with Crippen molar-refractivity contribution in [3.63, 3.8) is 0 Å². The van der Waals surface area contributed by atoms with Crippen LogP contribution in [0.5, 0.6) is 0 Å². The van der Waals surface area contributed by atoms with Gasteiger partial charge in [0.2, 0.25) is 5.91 Å². The Kier molecular flexibility index (Phi) is 5.68. The van der Waals surface area contributed by atoms with Crippen molar-refractivity contribution in [3.8, 4) is 11.3 Å². The van der Waals surface area contributed by atoms with E-state index in [1.807, 2.05) is 47.8 Å². The summed E-state index contributed by atoms with van der Waals surface area (Å²) in [4.78, 5) is 39.2. The third-order valence-electron chi connectivity index (χ3n) is 6.71. The van der Waals surface area contributed by atoms with Gasteiger partial charge in [-0.05, 0) is 29.8 Å². The molecule has 0 radical (unpaired) electrons. The number of benzene rings is 2. The van der Waals surface area contributed by atoms with Gasteiger partial charge < -0.3 is 9.64 Å². The molecule has 0 atom stereocenters. The van der Waals surface area contributed by atoms with Crippen LogP contribution in [-0.2, 0) is 29.0 Å². The predicted octanol–water partition coefficient (Wildman–Crippen LogP) is 2.92. The standard InChI is InChI=1S/C26H25N5O3S/c1-29-22-7-6-17(12-18(22)13-25(29)32)21-16-35-24(28-21)15-31-23(14-30-8-10-34-11-9-30)27-20-5-3-2-4-19(20)26(31)33/h2-7,12,16H,8-11,13-15H2,1H3. The maximum absolute atomic E-state index is 13.5. The summed E-state index contributed by atoms with van der Waals surface area (Å²) in [6.07, 6.45) is 0.416. The van der Waals surface area contributed by atoms with E-state index >= 15 is 0 Å². The minimum Gasteiger partial charge on any atom is -0.379 e. The van der Waals surface area contributed by atoms with E-state index in [4.69, 9.17) is 14.7 Å². The number of morpholine rings is 1. The summed E-state index contributed by atoms with van der Waals surface area (Å²) in [5.74, 6) is 0.846. The number of thiazole rings is 1. The second kappa shape index (κ2) is 8.99. The van der Waals surface area contributed by atoms with Crippen LogP contribution in [0.15, 0.2) is 52.6 Å². The SMILES string of the molecule is CN1C(=O)Cc2cc(-c3csc(Cn4c(CN5CCOCC5)nc5ccccc5c4=O)n3)ccc21. The minimum absolute atomic E-state index is 0.0466. The van der Waals surface area contributed by atoms with Gasteiger partial charge in [-0.3, -0.25) is 19.1 Å². The Balaban J connectivity index is 1.33. The number of para-hydroxylation sites is 1. The number of rotatable bonds is 5. The Bertz CT molecular complexity index is 1490. The molecule has 8 nitrogen and oxygen atoms in total. The molecule has 2 aliphatic rings. The number of hydrogen-bond donors (Lipinski definition) is 0. The summed E-state index contributed by atoms with van der Waals surface area (Å²) in [6.45, 7) is 3.98. The molecule has 4 aromatic rings. The molecule has 2 aromatic heterocycles. The highest BCUT2D eigenvalue weighted by Crippen LogP contribution is 2.32. The third-order valence-corrected chi connectivity index (χ3v) is 7.54. The number of likely N-dealkylation sites (N-methyl/N-ethyl adjacent to an activating group) is 1. The van der Waals surface area contributed by atoms with Gasteiger partial charge in [0.05, 0.1) is 49.3 Å². The highest BCUT2D eigenvalue weighted by molar-refractivity contribution is 7.09. The molecule has 0 bridgehead atoms. The summed E-state index contributed by atoms with van der Waals surface area (Å²) >= 11 is 1.53. The third kappa shape index (κ3) is 4.16. The van der Waals surface area contributed by atoms with E-state index in [2.05, 4.69) is 4.90 Å². The largest absolute Gasteiger partial charge is 0.379 e. The highest BCUT2D eigenvalue weighted by Gasteiger charge is 2.24. The molecular formula is C26H25N5O3S. The van der Waals surface area contributed by atoms with Crippen molar-refractivity contribution < 1.29 is 9.53 Å². The molecule has 35 heavy (non-hydrogen) atoms. The number of nitrogens with zero attached hydrogens (tertiary/aromatic N) is 5. The van der Waals surface area contributed by atoms with E-state index in [1.165, 1.54) is 11.3 Å². The maximum Gasteiger partial charge on any atom is 0.261 e. The van der Waals surface area contributed by atoms with Crippen molar-refractivity contribution in [3.05, 3.63) is 74.6 Å². The number of fused-ring (bicyclic) bond motifs is 2. The van der Waals surface area contributed by atoms with Gasteiger partial charge in [-0.1, -0.05) is 18.2 Å². The number of carbonyl (C=O) groups excluding carboxylic acids is 1. The fourth-order valence-electron chi connectivity index (χ4n) is 4.74. The summed E-state index contributed by atoms with van der Waals surface area (Å²) in [7, 11) is 1.80. The molecule has 6 rings (SSSR count). The molecular weight excluding hydrogens is 462 g/mol. The number of aromatic nitrogens is 3. The molecule has 0 saturated carbocycles. The van der Waals surface area contributed by atoms with Crippen molar-refractivity contribution in [2.24, 2.45) is 0 Å². The Labute approximate surface area is 206 Å². The molecule has 9 heteroatoms. The number of carbonyl (C=O) groups is 1. The lowest BCUT2D eigenvalue weighted by Crippen LogP contribution is -2.38. The van der Waals surface area contributed by atoms with E-state index in [-0.39, 0.29) is 11.5 Å². The molecule has 0 aliphatic carbocycles. The molecule has 0 spiro atoms. The quantitative estimate of drug-likeness (QED) is 0.431. The summed E-state index contributed by atoms with van der Waals surface area (Å²) in [5, 5.41) is 3.47. The van der Waals surface area contributed by atoms with Crippen LogP contribution < -0.4 is 10.5 Å². The van der Waals surface area contributed by atoms with Crippen LogP contribution in [0.25, 0.3) is 22.2 Å². The maximum atomic E-state index is 13.5. The van der Waals surface area contributed by atoms with Crippen molar-refractivity contribution in [2.75, 3.05) is 38.3 Å². The molecule has 178 valence electrons. The van der Waals surface area contributed by atoms with Gasteiger partial charge in [0.25, 0.3) is 5.56 Å². The fraction of sp³-hybridized carbons (Fsp3) is 0.308. The lowest BCUT2D eigenvalue weighted by atomic mass is 10.1. The van der Waals surface area contributed by atoms with Gasteiger partial charge in [0, 0.05) is 36.8 Å². The molecule has 1 saturated heterocycles. The van der Waals surface area contributed by atoms with Crippen LogP contribution in [0.2, 0.25) is 0 Å². The summed E-state index contributed by atoms with van der Waals surface area (Å²) in [6, 6.07) is 13.5. The van der Waals surface area contributed by atoms with Crippen molar-refractivity contribution in [1.82, 2.24) is 19.4 Å². The highest BCUT2D eigenvalue weighted by atomic mass is 32.1. The lowest BCUT2D eigenvalue weighted by molar-refractivity contribution is -0.117. The first-order chi connectivity index (χ1) is 17.1. The Morgan fingerprint density at radius 2 is 1.86 bits per heavy atom. The number of anilines is 1. The molecule has 2 aromatic carbocycles. The monoisotopic (exact) mass is 487 g/mol. The molecule has 1 fully saturated rings. The zero-order valence-corrected chi connectivity index (χ0v) is 20.3. The molecule has 0 unspecified atom stereocenters. The smallest absolute Gasteiger partial charge is 0.261 e. The molecule has 4 heterocycles. The first kappa shape index (κ1) is 22.1. The fourth-order valence-corrected chi connectivity index (χ4v) is 5.53. The number of ether oxygens (including phenoxy) is 1. The first-order valence-corrected chi connectivity index (χ1v) is 12.6. The van der Waals surface area contributed by atoms with Crippen LogP contribution in [0.1, 0.15) is 16.4 Å². The zero-order valence-electron chi connectivity index (χ0n) is 19.4. The van der Waals surface area contributed by atoms with Crippen molar-refractivity contribution >= 4 is 33.8 Å². The second-order valence-electron chi connectivity index (χ2n) is 8.92. The van der Waals surface area contributed by atoms with E-state index in [9.17, 15) is 9.59 Å². The zero-order chi connectivity index (χ0) is 23.9. The summed E-state index contributed by atoms with van der Waals surface area (Å²) < 4.78 is 7.24. The minimum atomic E-state index is -0.0466. The van der Waals surface area contributed by atoms with E-state index < -0.39 is 0 Å². The Hall–Kier alpha value is -3.40. The Morgan fingerprint density at radius 3 is 2.71 bits per heavy atom. The van der Waals surface area contributed by atoms with Gasteiger partial charge in [-0.15, -0.1) is 11.3 Å². The second-order valence-corrected chi connectivity index (χ2v) is 9.87. The van der Waals surface area contributed by atoms with E-state index in [1.54, 1.807) is 16.5 Å². The van der Waals surface area contributed by atoms with Gasteiger partial charge >= 0.3 is 0 Å². The van der Waals surface area contributed by atoms with Gasteiger partial charge in [-0.2, -0.15) is 0 Å². The van der Waals surface area contributed by atoms with Gasteiger partial charge in [0.15, 0.2) is 0 Å².